The van der Waals surface area contributed by atoms with E-state index >= 15 is 0 Å². The van der Waals surface area contributed by atoms with E-state index in [0.717, 1.165) is 0 Å². The van der Waals surface area contributed by atoms with Crippen LogP contribution in [-0.4, -0.2) is 30.4 Å². The number of fused-ring (bicyclic) bond motifs is 2. The van der Waals surface area contributed by atoms with Gasteiger partial charge in [0.05, 0.1) is 12.0 Å². The van der Waals surface area contributed by atoms with Crippen molar-refractivity contribution in [2.24, 2.45) is 17.8 Å². The lowest BCUT2D eigenvalue weighted by Gasteiger charge is -2.15. The Bertz CT molecular complexity index is 410. The summed E-state index contributed by atoms with van der Waals surface area (Å²) in [5.74, 6) is -1.90. The van der Waals surface area contributed by atoms with Crippen molar-refractivity contribution in [3.05, 3.63) is 12.2 Å². The second-order valence-electron chi connectivity index (χ2n) is 4.91. The molecule has 0 aromatic heterocycles. The molecule has 0 heterocycles. The number of ether oxygens (including phenoxy) is 2. The summed E-state index contributed by atoms with van der Waals surface area (Å²) in [4.78, 5) is 34.6. The Morgan fingerprint density at radius 1 is 1.39 bits per heavy atom. The van der Waals surface area contributed by atoms with Crippen molar-refractivity contribution < 1.29 is 23.9 Å². The lowest BCUT2D eigenvalue weighted by Crippen LogP contribution is -2.26. The molecule has 2 bridgehead atoms. The average Bonchev–Trinajstić information content (AvgIpc) is 2.81. The van der Waals surface area contributed by atoms with Gasteiger partial charge in [-0.25, -0.2) is 4.79 Å². The first-order chi connectivity index (χ1) is 8.49. The van der Waals surface area contributed by atoms with Crippen LogP contribution in [0.1, 0.15) is 20.3 Å². The summed E-state index contributed by atoms with van der Waals surface area (Å²) < 4.78 is 9.74. The van der Waals surface area contributed by atoms with E-state index in [1.165, 1.54) is 0 Å². The number of esters is 2. The molecule has 5 heteroatoms. The molecule has 0 aromatic rings. The van der Waals surface area contributed by atoms with Crippen LogP contribution in [0.5, 0.6) is 0 Å². The van der Waals surface area contributed by atoms with Gasteiger partial charge in [0.2, 0.25) is 0 Å². The number of carbonyl (C=O) groups is 3. The van der Waals surface area contributed by atoms with E-state index in [2.05, 4.69) is 0 Å². The normalized spacial score (nSPS) is 28.8. The zero-order valence-corrected chi connectivity index (χ0v) is 10.4. The van der Waals surface area contributed by atoms with Crippen molar-refractivity contribution >= 4 is 17.7 Å². The second-order valence-corrected chi connectivity index (χ2v) is 4.91. The number of hydrogen-bond acceptors (Lipinski definition) is 5. The van der Waals surface area contributed by atoms with Gasteiger partial charge in [0.1, 0.15) is 5.78 Å². The summed E-state index contributed by atoms with van der Waals surface area (Å²) in [7, 11) is 0. The first kappa shape index (κ1) is 12.8. The molecule has 0 spiro atoms. The summed E-state index contributed by atoms with van der Waals surface area (Å²) in [6.07, 6.45) is 3.86. The van der Waals surface area contributed by atoms with Gasteiger partial charge in [-0.05, 0) is 20.3 Å². The summed E-state index contributed by atoms with van der Waals surface area (Å²) in [6.45, 7) is 3.06. The van der Waals surface area contributed by atoms with Gasteiger partial charge in [0, 0.05) is 11.8 Å². The number of rotatable bonds is 4. The molecule has 3 unspecified atom stereocenters. The lowest BCUT2D eigenvalue weighted by atomic mass is 9.94. The van der Waals surface area contributed by atoms with Crippen LogP contribution in [0.4, 0.5) is 0 Å². The molecule has 0 aliphatic heterocycles. The molecule has 5 nitrogen and oxygen atoms in total. The highest BCUT2D eigenvalue weighted by Gasteiger charge is 2.47. The molecule has 0 radical (unpaired) electrons. The van der Waals surface area contributed by atoms with Crippen molar-refractivity contribution in [3.8, 4) is 0 Å². The van der Waals surface area contributed by atoms with Crippen molar-refractivity contribution in [1.82, 2.24) is 0 Å². The van der Waals surface area contributed by atoms with Crippen molar-refractivity contribution in [1.29, 1.82) is 0 Å². The highest BCUT2D eigenvalue weighted by Crippen LogP contribution is 2.41. The molecule has 1 saturated carbocycles. The minimum atomic E-state index is -0.566. The number of carbonyl (C=O) groups excluding carboxylic acids is 3. The Kier molecular flexibility index (Phi) is 3.50. The molecule has 2 aliphatic carbocycles. The Hall–Kier alpha value is -1.65. The van der Waals surface area contributed by atoms with Crippen LogP contribution in [0.2, 0.25) is 0 Å². The smallest absolute Gasteiger partial charge is 0.344 e. The Morgan fingerprint density at radius 2 is 2.11 bits per heavy atom. The largest absolute Gasteiger partial charge is 0.460 e. The molecule has 2 aliphatic rings. The third kappa shape index (κ3) is 2.44. The van der Waals surface area contributed by atoms with E-state index in [0.29, 0.717) is 6.42 Å². The fourth-order valence-electron chi connectivity index (χ4n) is 2.41. The zero-order chi connectivity index (χ0) is 13.3. The first-order valence-electron chi connectivity index (χ1n) is 6.07. The Morgan fingerprint density at radius 3 is 2.61 bits per heavy atom. The summed E-state index contributed by atoms with van der Waals surface area (Å²) in [5, 5.41) is 0. The van der Waals surface area contributed by atoms with Gasteiger partial charge in [0.15, 0.2) is 6.61 Å². The van der Waals surface area contributed by atoms with E-state index in [1.807, 2.05) is 6.08 Å². The van der Waals surface area contributed by atoms with Gasteiger partial charge in [0.25, 0.3) is 0 Å². The fraction of sp³-hybridized carbons (Fsp3) is 0.615. The maximum Gasteiger partial charge on any atom is 0.344 e. The van der Waals surface area contributed by atoms with E-state index in [9.17, 15) is 14.4 Å². The highest BCUT2D eigenvalue weighted by atomic mass is 16.6. The van der Waals surface area contributed by atoms with Crippen molar-refractivity contribution in [2.75, 3.05) is 6.61 Å². The van der Waals surface area contributed by atoms with Crippen molar-refractivity contribution in [2.45, 2.75) is 26.4 Å². The molecular weight excluding hydrogens is 236 g/mol. The minimum Gasteiger partial charge on any atom is -0.460 e. The summed E-state index contributed by atoms with van der Waals surface area (Å²) >= 11 is 0. The molecule has 0 amide bonds. The van der Waals surface area contributed by atoms with Gasteiger partial charge in [-0.1, -0.05) is 12.2 Å². The van der Waals surface area contributed by atoms with Gasteiger partial charge in [-0.2, -0.15) is 0 Å². The monoisotopic (exact) mass is 252 g/mol. The number of allylic oxidation sites excluding steroid dienone is 2. The first-order valence-corrected chi connectivity index (χ1v) is 6.07. The SMILES string of the molecule is CC(C)OC(=O)COC(=O)C1CC2C=CC1C2=O. The maximum absolute atomic E-state index is 11.8. The zero-order valence-electron chi connectivity index (χ0n) is 10.4. The molecule has 2 rings (SSSR count). The topological polar surface area (TPSA) is 69.7 Å². The predicted molar refractivity (Wildman–Crippen MR) is 61.4 cm³/mol. The Labute approximate surface area is 105 Å². The average molecular weight is 252 g/mol. The maximum atomic E-state index is 11.8. The van der Waals surface area contributed by atoms with E-state index < -0.39 is 17.9 Å². The van der Waals surface area contributed by atoms with Crippen LogP contribution in [-0.2, 0) is 23.9 Å². The molecule has 0 saturated heterocycles. The molecule has 0 N–H and O–H groups in total. The number of Topliss-reactive ketones (excluding diaryl/α,β-unsaturated/α-hetero) is 1. The quantitative estimate of drug-likeness (QED) is 0.548. The minimum absolute atomic E-state index is 0.0849. The third-order valence-corrected chi connectivity index (χ3v) is 3.19. The summed E-state index contributed by atoms with van der Waals surface area (Å²) in [6, 6.07) is 0. The molecule has 0 aromatic carbocycles. The van der Waals surface area contributed by atoms with Crippen LogP contribution in [0, 0.1) is 17.8 Å². The molecule has 3 atom stereocenters. The van der Waals surface area contributed by atoms with E-state index in [-0.39, 0.29) is 30.3 Å². The standard InChI is InChI=1S/C13H16O5/c1-7(2)18-11(14)6-17-13(16)10-5-8-3-4-9(10)12(8)15/h3-4,7-10H,5-6H2,1-2H3. The summed E-state index contributed by atoms with van der Waals surface area (Å²) in [5.41, 5.74) is 0. The van der Waals surface area contributed by atoms with Gasteiger partial charge in [-0.15, -0.1) is 0 Å². The molecular formula is C13H16O5. The molecule has 98 valence electrons. The van der Waals surface area contributed by atoms with Crippen LogP contribution in [0.15, 0.2) is 12.2 Å². The van der Waals surface area contributed by atoms with E-state index in [1.54, 1.807) is 19.9 Å². The fourth-order valence-corrected chi connectivity index (χ4v) is 2.41. The van der Waals surface area contributed by atoms with Gasteiger partial charge < -0.3 is 9.47 Å². The van der Waals surface area contributed by atoms with E-state index in [4.69, 9.17) is 9.47 Å². The van der Waals surface area contributed by atoms with Crippen LogP contribution in [0.3, 0.4) is 0 Å². The lowest BCUT2D eigenvalue weighted by molar-refractivity contribution is -0.164. The predicted octanol–water partition coefficient (Wildman–Crippen LogP) is 0.872. The van der Waals surface area contributed by atoms with Crippen LogP contribution < -0.4 is 0 Å². The van der Waals surface area contributed by atoms with Crippen LogP contribution in [0.25, 0.3) is 0 Å². The Balaban J connectivity index is 1.81. The second kappa shape index (κ2) is 4.92. The number of hydrogen-bond donors (Lipinski definition) is 0. The van der Waals surface area contributed by atoms with Gasteiger partial charge >= 0.3 is 11.9 Å². The molecule has 18 heavy (non-hydrogen) atoms. The number of ketones is 1. The van der Waals surface area contributed by atoms with Gasteiger partial charge in [-0.3, -0.25) is 9.59 Å². The van der Waals surface area contributed by atoms with Crippen molar-refractivity contribution in [3.63, 3.8) is 0 Å². The highest BCUT2D eigenvalue weighted by molar-refractivity contribution is 5.97. The third-order valence-electron chi connectivity index (χ3n) is 3.19. The molecule has 1 fully saturated rings. The van der Waals surface area contributed by atoms with Crippen LogP contribution >= 0.6 is 0 Å².